The SMILES string of the molecule is COC(=O)c1cn2c(cc1=O)-c1cc(Cl)c(OCCCOC(F)(F)F)cc1[C@H]1CCC(C)(C)N12. The topological polar surface area (TPSA) is 70.0 Å². The monoisotopic (exact) mass is 500 g/mol. The first-order chi connectivity index (χ1) is 15.9. The minimum atomic E-state index is -4.68. The molecule has 0 amide bonds. The van der Waals surface area contributed by atoms with E-state index in [1.165, 1.54) is 19.4 Å². The zero-order chi connectivity index (χ0) is 24.8. The molecule has 0 radical (unpaired) electrons. The predicted molar refractivity (Wildman–Crippen MR) is 119 cm³/mol. The molecule has 1 aromatic heterocycles. The summed E-state index contributed by atoms with van der Waals surface area (Å²) in [6, 6.07) is 4.77. The normalized spacial score (nSPS) is 18.2. The Kier molecular flexibility index (Phi) is 6.32. The van der Waals surface area contributed by atoms with Crippen molar-refractivity contribution in [2.45, 2.75) is 51.1 Å². The molecule has 7 nitrogen and oxygen atoms in total. The van der Waals surface area contributed by atoms with Crippen molar-refractivity contribution in [3.63, 3.8) is 0 Å². The second-order valence-corrected chi connectivity index (χ2v) is 9.26. The third-order valence-electron chi connectivity index (χ3n) is 6.16. The smallest absolute Gasteiger partial charge is 0.492 e. The van der Waals surface area contributed by atoms with Crippen molar-refractivity contribution in [1.29, 1.82) is 0 Å². The van der Waals surface area contributed by atoms with E-state index in [9.17, 15) is 22.8 Å². The third-order valence-corrected chi connectivity index (χ3v) is 6.46. The average molecular weight is 501 g/mol. The molecule has 1 fully saturated rings. The van der Waals surface area contributed by atoms with Gasteiger partial charge in [0, 0.05) is 24.2 Å². The fraction of sp³-hybridized carbons (Fsp3) is 0.478. The lowest BCUT2D eigenvalue weighted by molar-refractivity contribution is -0.324. The van der Waals surface area contributed by atoms with E-state index in [1.54, 1.807) is 12.1 Å². The van der Waals surface area contributed by atoms with Crippen LogP contribution in [-0.2, 0) is 9.47 Å². The Morgan fingerprint density at radius 2 is 1.97 bits per heavy atom. The van der Waals surface area contributed by atoms with Gasteiger partial charge in [-0.1, -0.05) is 11.6 Å². The molecule has 0 saturated carbocycles. The lowest BCUT2D eigenvalue weighted by atomic mass is 9.94. The standard InChI is InChI=1S/C23H24ClF3N2O5/c1-22(2)6-5-17-14-10-20(33-7-4-8-34-23(25,26)27)16(24)9-13(14)18-11-19(30)15(21(31)32-3)12-28(18)29(17)22/h9-12,17H,4-8H2,1-3H3/t17-/m1/s1. The van der Waals surface area contributed by atoms with Crippen LogP contribution >= 0.6 is 11.6 Å². The predicted octanol–water partition coefficient (Wildman–Crippen LogP) is 4.83. The summed E-state index contributed by atoms with van der Waals surface area (Å²) in [6.45, 7) is 3.62. The lowest BCUT2D eigenvalue weighted by Gasteiger charge is -2.44. The minimum Gasteiger partial charge on any atom is -0.492 e. The number of aromatic nitrogens is 1. The van der Waals surface area contributed by atoms with Crippen molar-refractivity contribution in [3.8, 4) is 17.0 Å². The summed E-state index contributed by atoms with van der Waals surface area (Å²) >= 11 is 6.44. The molecule has 0 unspecified atom stereocenters. The summed E-state index contributed by atoms with van der Waals surface area (Å²) in [7, 11) is 1.22. The Morgan fingerprint density at radius 3 is 2.65 bits per heavy atom. The minimum absolute atomic E-state index is 0.00695. The molecule has 11 heteroatoms. The number of hydrogen-bond acceptors (Lipinski definition) is 6. The second kappa shape index (κ2) is 8.81. The fourth-order valence-corrected chi connectivity index (χ4v) is 4.87. The van der Waals surface area contributed by atoms with Crippen LogP contribution in [0.4, 0.5) is 13.2 Å². The van der Waals surface area contributed by atoms with Gasteiger partial charge in [0.1, 0.15) is 11.3 Å². The van der Waals surface area contributed by atoms with Crippen molar-refractivity contribution in [2.75, 3.05) is 25.3 Å². The van der Waals surface area contributed by atoms with Crippen LogP contribution in [0.1, 0.15) is 55.1 Å². The summed E-state index contributed by atoms with van der Waals surface area (Å²) in [5.41, 5.74) is 1.37. The van der Waals surface area contributed by atoms with Gasteiger partial charge in [0.2, 0.25) is 0 Å². The van der Waals surface area contributed by atoms with Crippen LogP contribution in [0.2, 0.25) is 5.02 Å². The molecule has 2 aliphatic heterocycles. The van der Waals surface area contributed by atoms with Gasteiger partial charge in [-0.2, -0.15) is 0 Å². The van der Waals surface area contributed by atoms with Gasteiger partial charge in [0.05, 0.1) is 42.6 Å². The maximum Gasteiger partial charge on any atom is 0.522 e. The highest BCUT2D eigenvalue weighted by Gasteiger charge is 2.45. The Labute approximate surface area is 198 Å². The number of methoxy groups -OCH3 is 1. The first-order valence-electron chi connectivity index (χ1n) is 10.7. The van der Waals surface area contributed by atoms with Gasteiger partial charge < -0.3 is 9.47 Å². The molecule has 2 aromatic rings. The number of hydrogen-bond donors (Lipinski definition) is 0. The van der Waals surface area contributed by atoms with Crippen molar-refractivity contribution < 1.29 is 32.2 Å². The summed E-state index contributed by atoms with van der Waals surface area (Å²) in [4.78, 5) is 24.9. The number of fused-ring (bicyclic) bond motifs is 6. The molecular formula is C23H24ClF3N2O5. The number of carbonyl (C=O) groups excluding carboxylic acids is 1. The number of esters is 1. The molecular weight excluding hydrogens is 477 g/mol. The number of halogens is 4. The molecule has 184 valence electrons. The first-order valence-corrected chi connectivity index (χ1v) is 11.1. The van der Waals surface area contributed by atoms with Gasteiger partial charge >= 0.3 is 12.3 Å². The van der Waals surface area contributed by atoms with Gasteiger partial charge in [-0.15, -0.1) is 13.2 Å². The molecule has 3 heterocycles. The van der Waals surface area contributed by atoms with Gasteiger partial charge in [-0.3, -0.25) is 19.2 Å². The molecule has 2 aliphatic rings. The van der Waals surface area contributed by atoms with Gasteiger partial charge in [0.15, 0.2) is 5.43 Å². The number of alkyl halides is 3. The number of rotatable bonds is 6. The Hall–Kier alpha value is -2.72. The van der Waals surface area contributed by atoms with E-state index in [0.717, 1.165) is 24.0 Å². The second-order valence-electron chi connectivity index (χ2n) is 8.85. The molecule has 34 heavy (non-hydrogen) atoms. The first kappa shape index (κ1) is 24.4. The zero-order valence-electron chi connectivity index (χ0n) is 18.9. The Bertz CT molecular complexity index is 1180. The van der Waals surface area contributed by atoms with Crippen molar-refractivity contribution in [1.82, 2.24) is 4.68 Å². The van der Waals surface area contributed by atoms with Gasteiger partial charge in [-0.25, -0.2) is 4.79 Å². The van der Waals surface area contributed by atoms with Crippen LogP contribution in [0.5, 0.6) is 5.75 Å². The molecule has 1 aromatic carbocycles. The quantitative estimate of drug-likeness (QED) is 0.418. The van der Waals surface area contributed by atoms with Crippen LogP contribution < -0.4 is 15.2 Å². The molecule has 0 aliphatic carbocycles. The highest BCUT2D eigenvalue weighted by atomic mass is 35.5. The highest BCUT2D eigenvalue weighted by Crippen LogP contribution is 2.49. The number of carbonyl (C=O) groups is 1. The lowest BCUT2D eigenvalue weighted by Crippen LogP contribution is -2.50. The summed E-state index contributed by atoms with van der Waals surface area (Å²) in [5, 5.41) is 2.38. The number of pyridine rings is 1. The third kappa shape index (κ3) is 4.48. The summed E-state index contributed by atoms with van der Waals surface area (Å²) in [5.74, 6) is -0.366. The van der Waals surface area contributed by atoms with E-state index in [2.05, 4.69) is 23.6 Å². The number of nitrogens with zero attached hydrogens (tertiary/aromatic N) is 2. The van der Waals surface area contributed by atoms with E-state index in [0.29, 0.717) is 11.4 Å². The number of ether oxygens (including phenoxy) is 3. The molecule has 4 rings (SSSR count). The van der Waals surface area contributed by atoms with Crippen molar-refractivity contribution >= 4 is 17.6 Å². The van der Waals surface area contributed by atoms with Crippen LogP contribution in [-0.4, -0.2) is 42.9 Å². The summed E-state index contributed by atoms with van der Waals surface area (Å²) in [6.07, 6.45) is -1.49. The fourth-order valence-electron chi connectivity index (χ4n) is 4.65. The zero-order valence-corrected chi connectivity index (χ0v) is 19.6. The maximum atomic E-state index is 12.7. The summed E-state index contributed by atoms with van der Waals surface area (Å²) < 4.78 is 52.5. The average Bonchev–Trinajstić information content (AvgIpc) is 3.08. The Morgan fingerprint density at radius 1 is 1.24 bits per heavy atom. The van der Waals surface area contributed by atoms with Crippen LogP contribution in [0.3, 0.4) is 0 Å². The molecule has 0 spiro atoms. The molecule has 1 saturated heterocycles. The van der Waals surface area contributed by atoms with E-state index < -0.39 is 24.4 Å². The largest absolute Gasteiger partial charge is 0.522 e. The van der Waals surface area contributed by atoms with Crippen LogP contribution in [0.25, 0.3) is 11.3 Å². The van der Waals surface area contributed by atoms with Crippen molar-refractivity contribution in [3.05, 3.63) is 50.8 Å². The van der Waals surface area contributed by atoms with E-state index in [4.69, 9.17) is 21.1 Å². The molecule has 1 atom stereocenters. The van der Waals surface area contributed by atoms with Gasteiger partial charge in [0.25, 0.3) is 0 Å². The van der Waals surface area contributed by atoms with Crippen LogP contribution in [0.15, 0.2) is 29.2 Å². The van der Waals surface area contributed by atoms with Gasteiger partial charge in [-0.05, 0) is 44.4 Å². The molecule has 0 bridgehead atoms. The van der Waals surface area contributed by atoms with Crippen LogP contribution in [0, 0.1) is 0 Å². The van der Waals surface area contributed by atoms with E-state index in [-0.39, 0.29) is 35.2 Å². The van der Waals surface area contributed by atoms with E-state index in [1.807, 2.05) is 4.68 Å². The van der Waals surface area contributed by atoms with E-state index >= 15 is 0 Å². The maximum absolute atomic E-state index is 12.7. The molecule has 0 N–H and O–H groups in total. The number of benzene rings is 1. The Balaban J connectivity index is 1.72. The highest BCUT2D eigenvalue weighted by molar-refractivity contribution is 6.32. The van der Waals surface area contributed by atoms with Crippen molar-refractivity contribution in [2.24, 2.45) is 0 Å².